The molecule has 2 atom stereocenters. The molecule has 120 valence electrons. The molecule has 0 aromatic heterocycles. The van der Waals surface area contributed by atoms with E-state index in [0.29, 0.717) is 6.42 Å². The van der Waals surface area contributed by atoms with Crippen molar-refractivity contribution >= 4 is 11.9 Å². The van der Waals surface area contributed by atoms with Crippen LogP contribution in [0.1, 0.15) is 42.9 Å². The minimum atomic E-state index is -0.865. The minimum Gasteiger partial charge on any atom is -0.481 e. The molecule has 1 amide bonds. The highest BCUT2D eigenvalue weighted by molar-refractivity contribution is 5.83. The summed E-state index contributed by atoms with van der Waals surface area (Å²) in [5.41, 5.74) is 1.86. The lowest BCUT2D eigenvalue weighted by atomic mass is 9.97. The quantitative estimate of drug-likeness (QED) is 0.822. The lowest BCUT2D eigenvalue weighted by Gasteiger charge is -2.21. The molecule has 0 radical (unpaired) electrons. The van der Waals surface area contributed by atoms with Gasteiger partial charge >= 0.3 is 5.97 Å². The maximum Gasteiger partial charge on any atom is 0.303 e. The second kappa shape index (κ2) is 8.13. The van der Waals surface area contributed by atoms with Gasteiger partial charge in [-0.05, 0) is 24.5 Å². The van der Waals surface area contributed by atoms with Gasteiger partial charge in [-0.2, -0.15) is 0 Å². The number of carboxylic acids is 1. The molecule has 0 fully saturated rings. The van der Waals surface area contributed by atoms with E-state index in [1.54, 1.807) is 0 Å². The fourth-order valence-electron chi connectivity index (χ4n) is 2.47. The van der Waals surface area contributed by atoms with E-state index >= 15 is 0 Å². The molecule has 0 heterocycles. The van der Waals surface area contributed by atoms with Crippen LogP contribution in [-0.4, -0.2) is 17.0 Å². The van der Waals surface area contributed by atoms with Gasteiger partial charge in [-0.25, -0.2) is 0 Å². The van der Waals surface area contributed by atoms with Crippen molar-refractivity contribution in [2.24, 2.45) is 0 Å². The number of hydrogen-bond acceptors (Lipinski definition) is 2. The number of amides is 1. The second-order valence-electron chi connectivity index (χ2n) is 5.54. The van der Waals surface area contributed by atoms with Gasteiger partial charge in [0, 0.05) is 6.42 Å². The van der Waals surface area contributed by atoms with Crippen LogP contribution in [0.25, 0.3) is 0 Å². The predicted octanol–water partition coefficient (Wildman–Crippen LogP) is 3.51. The van der Waals surface area contributed by atoms with Crippen molar-refractivity contribution < 1.29 is 14.7 Å². The Hall–Kier alpha value is -2.62. The third-order valence-corrected chi connectivity index (χ3v) is 3.86. The van der Waals surface area contributed by atoms with Gasteiger partial charge in [-0.3, -0.25) is 9.59 Å². The molecule has 4 heteroatoms. The average molecular weight is 311 g/mol. The van der Waals surface area contributed by atoms with Crippen LogP contribution in [0.3, 0.4) is 0 Å². The van der Waals surface area contributed by atoms with Crippen LogP contribution >= 0.6 is 0 Å². The first-order valence-electron chi connectivity index (χ1n) is 7.70. The van der Waals surface area contributed by atoms with E-state index < -0.39 is 5.97 Å². The normalized spacial score (nSPS) is 13.1. The lowest BCUT2D eigenvalue weighted by molar-refractivity contribution is -0.137. The van der Waals surface area contributed by atoms with Crippen LogP contribution in [0, 0.1) is 0 Å². The van der Waals surface area contributed by atoms with Crippen molar-refractivity contribution in [3.05, 3.63) is 71.8 Å². The van der Waals surface area contributed by atoms with E-state index in [4.69, 9.17) is 5.11 Å². The Kier molecular flexibility index (Phi) is 5.92. The molecule has 23 heavy (non-hydrogen) atoms. The third-order valence-electron chi connectivity index (χ3n) is 3.86. The maximum absolute atomic E-state index is 12.5. The van der Waals surface area contributed by atoms with Gasteiger partial charge in [-0.1, -0.05) is 60.7 Å². The summed E-state index contributed by atoms with van der Waals surface area (Å²) in [6.45, 7) is 1.85. The monoisotopic (exact) mass is 311 g/mol. The molecule has 2 aromatic rings. The van der Waals surface area contributed by atoms with Gasteiger partial charge in [-0.15, -0.1) is 0 Å². The first-order chi connectivity index (χ1) is 11.1. The van der Waals surface area contributed by atoms with E-state index in [9.17, 15) is 9.59 Å². The zero-order valence-corrected chi connectivity index (χ0v) is 13.1. The predicted molar refractivity (Wildman–Crippen MR) is 89.1 cm³/mol. The van der Waals surface area contributed by atoms with E-state index in [2.05, 4.69) is 5.32 Å². The number of rotatable bonds is 7. The molecule has 0 aliphatic rings. The highest BCUT2D eigenvalue weighted by Gasteiger charge is 2.20. The Bertz CT molecular complexity index is 640. The van der Waals surface area contributed by atoms with Crippen LogP contribution in [-0.2, 0) is 9.59 Å². The fourth-order valence-corrected chi connectivity index (χ4v) is 2.47. The molecule has 0 aliphatic carbocycles. The maximum atomic E-state index is 12.5. The zero-order chi connectivity index (χ0) is 16.7. The summed E-state index contributed by atoms with van der Waals surface area (Å²) in [5, 5.41) is 11.9. The molecule has 1 unspecified atom stereocenters. The summed E-state index contributed by atoms with van der Waals surface area (Å²) in [6.07, 6.45) is 0.381. The van der Waals surface area contributed by atoms with Crippen LogP contribution in [0.2, 0.25) is 0 Å². The standard InChI is InChI=1S/C19H21NO3/c1-14(15-8-4-2-5-9-15)19(23)20-17(12-13-18(21)22)16-10-6-3-7-11-16/h2-11,14,17H,12-13H2,1H3,(H,20,23)(H,21,22)/t14-,17?/m0/s1. The number of nitrogens with one attached hydrogen (secondary N) is 1. The molecule has 2 aromatic carbocycles. The molecule has 0 bridgehead atoms. The van der Waals surface area contributed by atoms with Crippen molar-refractivity contribution in [2.75, 3.05) is 0 Å². The van der Waals surface area contributed by atoms with E-state index in [1.807, 2.05) is 67.6 Å². The molecule has 0 saturated heterocycles. The van der Waals surface area contributed by atoms with E-state index in [1.165, 1.54) is 0 Å². The van der Waals surface area contributed by atoms with Gasteiger partial charge < -0.3 is 10.4 Å². The smallest absolute Gasteiger partial charge is 0.303 e. The highest BCUT2D eigenvalue weighted by atomic mass is 16.4. The Morgan fingerprint density at radius 1 is 0.957 bits per heavy atom. The van der Waals surface area contributed by atoms with E-state index in [-0.39, 0.29) is 24.3 Å². The van der Waals surface area contributed by atoms with Gasteiger partial charge in [0.2, 0.25) is 5.91 Å². The molecular formula is C19H21NO3. The molecule has 2 rings (SSSR count). The average Bonchev–Trinajstić information content (AvgIpc) is 2.59. The number of carboxylic acid groups (broad SMARTS) is 1. The Labute approximate surface area is 136 Å². The molecule has 0 spiro atoms. The second-order valence-corrected chi connectivity index (χ2v) is 5.54. The van der Waals surface area contributed by atoms with Crippen LogP contribution in [0.15, 0.2) is 60.7 Å². The highest BCUT2D eigenvalue weighted by Crippen LogP contribution is 2.21. The molecule has 4 nitrogen and oxygen atoms in total. The minimum absolute atomic E-state index is 0.0135. The third kappa shape index (κ3) is 4.95. The summed E-state index contributed by atoms with van der Waals surface area (Å²) in [7, 11) is 0. The van der Waals surface area contributed by atoms with Crippen LogP contribution < -0.4 is 5.32 Å². The van der Waals surface area contributed by atoms with E-state index in [0.717, 1.165) is 11.1 Å². The Balaban J connectivity index is 2.10. The first-order valence-corrected chi connectivity index (χ1v) is 7.70. The molecular weight excluding hydrogens is 290 g/mol. The van der Waals surface area contributed by atoms with Crippen LogP contribution in [0.5, 0.6) is 0 Å². The number of carbonyl (C=O) groups is 2. The molecule has 2 N–H and O–H groups in total. The topological polar surface area (TPSA) is 66.4 Å². The molecule has 0 saturated carbocycles. The summed E-state index contributed by atoms with van der Waals surface area (Å²) in [4.78, 5) is 23.4. The summed E-state index contributed by atoms with van der Waals surface area (Å²) in [5.74, 6) is -1.25. The summed E-state index contributed by atoms with van der Waals surface area (Å²) >= 11 is 0. The van der Waals surface area contributed by atoms with Crippen molar-refractivity contribution in [2.45, 2.75) is 31.7 Å². The number of aliphatic carboxylic acids is 1. The number of benzene rings is 2. The Morgan fingerprint density at radius 3 is 2.00 bits per heavy atom. The van der Waals surface area contributed by atoms with Crippen molar-refractivity contribution in [1.29, 1.82) is 0 Å². The SMILES string of the molecule is C[C@H](C(=O)NC(CCC(=O)O)c1ccccc1)c1ccccc1. The van der Waals surface area contributed by atoms with Crippen LogP contribution in [0.4, 0.5) is 0 Å². The van der Waals surface area contributed by atoms with Gasteiger partial charge in [0.25, 0.3) is 0 Å². The van der Waals surface area contributed by atoms with Crippen molar-refractivity contribution in [3.8, 4) is 0 Å². The number of hydrogen-bond donors (Lipinski definition) is 2. The first kappa shape index (κ1) is 16.7. The fraction of sp³-hybridized carbons (Fsp3) is 0.263. The molecule has 0 aliphatic heterocycles. The summed E-state index contributed by atoms with van der Waals surface area (Å²) in [6, 6.07) is 18.7. The Morgan fingerprint density at radius 2 is 1.48 bits per heavy atom. The van der Waals surface area contributed by atoms with Gasteiger partial charge in [0.05, 0.1) is 12.0 Å². The lowest BCUT2D eigenvalue weighted by Crippen LogP contribution is -2.32. The zero-order valence-electron chi connectivity index (χ0n) is 13.1. The largest absolute Gasteiger partial charge is 0.481 e. The number of carbonyl (C=O) groups excluding carboxylic acids is 1. The van der Waals surface area contributed by atoms with Crippen molar-refractivity contribution in [3.63, 3.8) is 0 Å². The van der Waals surface area contributed by atoms with Gasteiger partial charge in [0.15, 0.2) is 0 Å². The van der Waals surface area contributed by atoms with Gasteiger partial charge in [0.1, 0.15) is 0 Å². The van der Waals surface area contributed by atoms with Crippen molar-refractivity contribution in [1.82, 2.24) is 5.32 Å². The summed E-state index contributed by atoms with van der Waals surface area (Å²) < 4.78 is 0.